The van der Waals surface area contributed by atoms with E-state index >= 15 is 0 Å². The van der Waals surface area contributed by atoms with Crippen molar-refractivity contribution in [1.29, 1.82) is 0 Å². The van der Waals surface area contributed by atoms with Crippen LogP contribution in [0.4, 0.5) is 4.79 Å². The van der Waals surface area contributed by atoms with Crippen molar-refractivity contribution in [3.63, 3.8) is 0 Å². The van der Waals surface area contributed by atoms with E-state index in [4.69, 9.17) is 9.47 Å². The van der Waals surface area contributed by atoms with E-state index in [1.165, 1.54) is 7.11 Å². The fourth-order valence-corrected chi connectivity index (χ4v) is 2.04. The van der Waals surface area contributed by atoms with Gasteiger partial charge in [-0.05, 0) is 35.9 Å². The zero-order valence-corrected chi connectivity index (χ0v) is 11.7. The first-order chi connectivity index (χ1) is 10.7. The number of esters is 1. The van der Waals surface area contributed by atoms with Crippen LogP contribution in [-0.4, -0.2) is 19.2 Å². The number of hydrogen-bond acceptors (Lipinski definition) is 5. The molecule has 0 unspecified atom stereocenters. The molecule has 2 aromatic rings. The first kappa shape index (κ1) is 13.9. The van der Waals surface area contributed by atoms with E-state index in [1.807, 2.05) is 6.07 Å². The number of methoxy groups -OCH3 is 1. The summed E-state index contributed by atoms with van der Waals surface area (Å²) in [4.78, 5) is 23.1. The highest BCUT2D eigenvalue weighted by Crippen LogP contribution is 2.36. The van der Waals surface area contributed by atoms with Crippen LogP contribution in [-0.2, 0) is 9.47 Å². The smallest absolute Gasteiger partial charge is 0.437 e. The Kier molecular flexibility index (Phi) is 3.62. The molecule has 5 heteroatoms. The molecular formula is C17H12O5. The fraction of sp³-hybridized carbons (Fsp3) is 0.0588. The first-order valence-electron chi connectivity index (χ1n) is 6.56. The third-order valence-electron chi connectivity index (χ3n) is 3.16. The lowest BCUT2D eigenvalue weighted by atomic mass is 9.95. The normalized spacial score (nSPS) is 11.6. The molecule has 0 saturated heterocycles. The first-order valence-corrected chi connectivity index (χ1v) is 6.56. The highest BCUT2D eigenvalue weighted by atomic mass is 16.7. The molecule has 1 aliphatic carbocycles. The molecule has 1 aliphatic rings. The van der Waals surface area contributed by atoms with E-state index in [9.17, 15) is 9.59 Å². The van der Waals surface area contributed by atoms with E-state index in [-0.39, 0.29) is 0 Å². The molecule has 0 saturated carbocycles. The Morgan fingerprint density at radius 3 is 2.45 bits per heavy atom. The lowest BCUT2D eigenvalue weighted by Gasteiger charge is -2.19. The molecule has 2 aromatic carbocycles. The third-order valence-corrected chi connectivity index (χ3v) is 3.16. The van der Waals surface area contributed by atoms with Gasteiger partial charge in [0.25, 0.3) is 0 Å². The van der Waals surface area contributed by atoms with Crippen LogP contribution in [0, 0.1) is 0 Å². The number of rotatable bonds is 3. The summed E-state index contributed by atoms with van der Waals surface area (Å²) in [6, 6.07) is 13.8. The van der Waals surface area contributed by atoms with Crippen LogP contribution in [0.3, 0.4) is 0 Å². The van der Waals surface area contributed by atoms with Crippen LogP contribution in [0.2, 0.25) is 0 Å². The Hall–Kier alpha value is -3.08. The molecule has 0 spiro atoms. The van der Waals surface area contributed by atoms with E-state index in [1.54, 1.807) is 48.5 Å². The van der Waals surface area contributed by atoms with Gasteiger partial charge in [-0.2, -0.15) is 0 Å². The molecular weight excluding hydrogens is 284 g/mol. The Morgan fingerprint density at radius 1 is 0.955 bits per heavy atom. The van der Waals surface area contributed by atoms with Crippen molar-refractivity contribution < 1.29 is 23.8 Å². The van der Waals surface area contributed by atoms with Crippen molar-refractivity contribution in [2.45, 2.75) is 0 Å². The van der Waals surface area contributed by atoms with Gasteiger partial charge in [0.15, 0.2) is 0 Å². The maximum atomic E-state index is 12.0. The minimum atomic E-state index is -0.788. The second-order valence-corrected chi connectivity index (χ2v) is 4.57. The zero-order valence-electron chi connectivity index (χ0n) is 11.7. The average Bonchev–Trinajstić information content (AvgIpc) is 2.54. The molecule has 0 amide bonds. The molecule has 22 heavy (non-hydrogen) atoms. The van der Waals surface area contributed by atoms with Crippen molar-refractivity contribution in [3.8, 4) is 5.75 Å². The highest BCUT2D eigenvalue weighted by Gasteiger charge is 2.22. The van der Waals surface area contributed by atoms with Crippen molar-refractivity contribution in [2.24, 2.45) is 0 Å². The third kappa shape index (κ3) is 2.69. The summed E-state index contributed by atoms with van der Waals surface area (Å²) in [7, 11) is 1.24. The van der Waals surface area contributed by atoms with Crippen molar-refractivity contribution in [1.82, 2.24) is 0 Å². The molecule has 0 aliphatic heterocycles. The van der Waals surface area contributed by atoms with Crippen LogP contribution in [0.25, 0.3) is 11.8 Å². The Balaban J connectivity index is 1.73. The number of hydrogen-bond donors (Lipinski definition) is 0. The lowest BCUT2D eigenvalue weighted by Crippen LogP contribution is -2.11. The summed E-state index contributed by atoms with van der Waals surface area (Å²) in [5, 5.41) is 0. The standard InChI is InChI=1S/C17H12O5/c1-20-17(19)22-15-9-12-7-8-13(10-14(12)15)21-16(18)11-5-3-2-4-6-11/h2-10H,1H3. The number of carbonyl (C=O) groups excluding carboxylic acids is 2. The molecule has 0 radical (unpaired) electrons. The van der Waals surface area contributed by atoms with Crippen LogP contribution < -0.4 is 4.74 Å². The van der Waals surface area contributed by atoms with Gasteiger partial charge in [-0.25, -0.2) is 9.59 Å². The summed E-state index contributed by atoms with van der Waals surface area (Å²) < 4.78 is 14.7. The van der Waals surface area contributed by atoms with Crippen molar-refractivity contribution in [2.75, 3.05) is 7.11 Å². The molecule has 110 valence electrons. The van der Waals surface area contributed by atoms with Gasteiger partial charge in [0, 0.05) is 5.56 Å². The molecule has 0 fully saturated rings. The van der Waals surface area contributed by atoms with Crippen LogP contribution in [0.15, 0.2) is 48.5 Å². The van der Waals surface area contributed by atoms with E-state index < -0.39 is 12.1 Å². The maximum Gasteiger partial charge on any atom is 0.513 e. The number of ether oxygens (including phenoxy) is 3. The second kappa shape index (κ2) is 5.73. The molecule has 0 N–H and O–H groups in total. The van der Waals surface area contributed by atoms with Gasteiger partial charge in [-0.1, -0.05) is 24.3 Å². The van der Waals surface area contributed by atoms with Crippen LogP contribution in [0.1, 0.15) is 21.5 Å². The highest BCUT2D eigenvalue weighted by molar-refractivity contribution is 5.96. The Bertz CT molecular complexity index is 762. The van der Waals surface area contributed by atoms with E-state index in [2.05, 4.69) is 4.74 Å². The summed E-state index contributed by atoms with van der Waals surface area (Å²) >= 11 is 0. The molecule has 0 heterocycles. The summed E-state index contributed by atoms with van der Waals surface area (Å²) in [6.45, 7) is 0. The fourth-order valence-electron chi connectivity index (χ4n) is 2.04. The summed E-state index contributed by atoms with van der Waals surface area (Å²) in [5.74, 6) is 0.324. The van der Waals surface area contributed by atoms with Crippen LogP contribution >= 0.6 is 0 Å². The van der Waals surface area contributed by atoms with Gasteiger partial charge < -0.3 is 14.2 Å². The van der Waals surface area contributed by atoms with E-state index in [0.29, 0.717) is 22.6 Å². The monoisotopic (exact) mass is 296 g/mol. The summed E-state index contributed by atoms with van der Waals surface area (Å²) in [6.07, 6.45) is 0.915. The Morgan fingerprint density at radius 2 is 1.73 bits per heavy atom. The van der Waals surface area contributed by atoms with Crippen molar-refractivity contribution >= 4 is 24.0 Å². The predicted molar refractivity (Wildman–Crippen MR) is 79.2 cm³/mol. The summed E-state index contributed by atoms with van der Waals surface area (Å²) in [5.41, 5.74) is 2.06. The van der Waals surface area contributed by atoms with Gasteiger partial charge in [0.05, 0.1) is 12.7 Å². The van der Waals surface area contributed by atoms with Crippen LogP contribution in [0.5, 0.6) is 5.75 Å². The second-order valence-electron chi connectivity index (χ2n) is 4.57. The SMILES string of the molecule is COC(=O)OC1=Cc2ccc(OC(=O)c3ccccc3)cc21. The molecule has 0 aromatic heterocycles. The molecule has 0 bridgehead atoms. The van der Waals surface area contributed by atoms with Gasteiger partial charge in [-0.3, -0.25) is 0 Å². The van der Waals surface area contributed by atoms with Gasteiger partial charge in [-0.15, -0.1) is 0 Å². The van der Waals surface area contributed by atoms with Gasteiger partial charge in [0.1, 0.15) is 11.5 Å². The molecule has 0 atom stereocenters. The number of fused-ring (bicyclic) bond motifs is 1. The maximum absolute atomic E-state index is 12.0. The minimum Gasteiger partial charge on any atom is -0.437 e. The predicted octanol–water partition coefficient (Wildman–Crippen LogP) is 3.50. The van der Waals surface area contributed by atoms with Gasteiger partial charge >= 0.3 is 12.1 Å². The number of carbonyl (C=O) groups is 2. The minimum absolute atomic E-state index is 0.381. The Labute approximate surface area is 126 Å². The average molecular weight is 296 g/mol. The van der Waals surface area contributed by atoms with Gasteiger partial charge in [0.2, 0.25) is 0 Å². The van der Waals surface area contributed by atoms with E-state index in [0.717, 1.165) is 5.56 Å². The zero-order chi connectivity index (χ0) is 15.5. The number of benzene rings is 2. The molecule has 5 nitrogen and oxygen atoms in total. The van der Waals surface area contributed by atoms with Crippen molar-refractivity contribution in [3.05, 3.63) is 65.2 Å². The topological polar surface area (TPSA) is 61.8 Å². The largest absolute Gasteiger partial charge is 0.513 e. The lowest BCUT2D eigenvalue weighted by molar-refractivity contribution is 0.0734. The quantitative estimate of drug-likeness (QED) is 0.641. The molecule has 3 rings (SSSR count).